The lowest BCUT2D eigenvalue weighted by molar-refractivity contribution is 0.0578. The first kappa shape index (κ1) is 13.5. The van der Waals surface area contributed by atoms with Crippen LogP contribution in [0.15, 0.2) is 22.7 Å². The molecule has 4 heteroatoms. The number of rotatable bonds is 1. The third-order valence-corrected chi connectivity index (χ3v) is 3.98. The number of carbonyl (C=O) groups excluding carboxylic acids is 1. The molecule has 0 radical (unpaired) electrons. The highest BCUT2D eigenvalue weighted by Gasteiger charge is 2.30. The summed E-state index contributed by atoms with van der Waals surface area (Å²) in [7, 11) is 0. The van der Waals surface area contributed by atoms with Gasteiger partial charge >= 0.3 is 0 Å². The Kier molecular flexibility index (Phi) is 3.76. The monoisotopic (exact) mass is 313 g/mol. The highest BCUT2D eigenvalue weighted by Crippen LogP contribution is 2.30. The Bertz CT molecular complexity index is 473. The van der Waals surface area contributed by atoms with Gasteiger partial charge in [0.1, 0.15) is 5.82 Å². The summed E-state index contributed by atoms with van der Waals surface area (Å²) in [6, 6.07) is 4.84. The van der Waals surface area contributed by atoms with E-state index in [9.17, 15) is 9.18 Å². The van der Waals surface area contributed by atoms with E-state index in [0.717, 1.165) is 12.8 Å². The standard InChI is InChI=1S/C14H17BrFNO/c1-14(2)7-4-8-17(9-14)13(18)10-5-3-6-11(15)12(10)16/h3,5-6H,4,7-9H2,1-2H3. The zero-order valence-corrected chi connectivity index (χ0v) is 12.3. The molecule has 1 saturated heterocycles. The number of nitrogens with zero attached hydrogens (tertiary/aromatic N) is 1. The maximum absolute atomic E-state index is 13.9. The molecular formula is C14H17BrFNO. The molecule has 1 aliphatic rings. The van der Waals surface area contributed by atoms with Crippen molar-refractivity contribution < 1.29 is 9.18 Å². The molecule has 1 heterocycles. The van der Waals surface area contributed by atoms with Crippen molar-refractivity contribution in [2.24, 2.45) is 5.41 Å². The van der Waals surface area contributed by atoms with Crippen molar-refractivity contribution in [2.45, 2.75) is 26.7 Å². The van der Waals surface area contributed by atoms with Crippen LogP contribution in [0.1, 0.15) is 37.0 Å². The first-order valence-corrected chi connectivity index (χ1v) is 6.93. The number of carbonyl (C=O) groups is 1. The minimum Gasteiger partial charge on any atom is -0.338 e. The lowest BCUT2D eigenvalue weighted by Gasteiger charge is -2.38. The predicted octanol–water partition coefficient (Wildman–Crippen LogP) is 3.85. The van der Waals surface area contributed by atoms with Gasteiger partial charge in [-0.2, -0.15) is 0 Å². The van der Waals surface area contributed by atoms with Crippen molar-refractivity contribution in [3.05, 3.63) is 34.1 Å². The second-order valence-electron chi connectivity index (χ2n) is 5.60. The van der Waals surface area contributed by atoms with Gasteiger partial charge in [0.05, 0.1) is 10.0 Å². The third kappa shape index (κ3) is 2.74. The fourth-order valence-electron chi connectivity index (χ4n) is 2.44. The lowest BCUT2D eigenvalue weighted by atomic mass is 9.84. The number of halogens is 2. The molecule has 0 aliphatic carbocycles. The summed E-state index contributed by atoms with van der Waals surface area (Å²) in [6.45, 7) is 5.69. The maximum Gasteiger partial charge on any atom is 0.256 e. The SMILES string of the molecule is CC1(C)CCCN(C(=O)c2cccc(Br)c2F)C1. The second kappa shape index (κ2) is 5.00. The molecule has 1 aromatic rings. The molecule has 0 unspecified atom stereocenters. The molecule has 2 nitrogen and oxygen atoms in total. The van der Waals surface area contributed by atoms with Crippen LogP contribution < -0.4 is 0 Å². The van der Waals surface area contributed by atoms with Gasteiger partial charge in [-0.3, -0.25) is 4.79 Å². The molecule has 0 N–H and O–H groups in total. The topological polar surface area (TPSA) is 20.3 Å². The molecule has 1 fully saturated rings. The summed E-state index contributed by atoms with van der Waals surface area (Å²) in [5.74, 6) is -0.674. The molecule has 0 bridgehead atoms. The highest BCUT2D eigenvalue weighted by molar-refractivity contribution is 9.10. The Balaban J connectivity index is 2.23. The largest absolute Gasteiger partial charge is 0.338 e. The summed E-state index contributed by atoms with van der Waals surface area (Å²) < 4.78 is 14.2. The molecular weight excluding hydrogens is 297 g/mol. The van der Waals surface area contributed by atoms with E-state index in [-0.39, 0.29) is 16.9 Å². The quantitative estimate of drug-likeness (QED) is 0.771. The van der Waals surface area contributed by atoms with Crippen LogP contribution in [0.4, 0.5) is 4.39 Å². The van der Waals surface area contributed by atoms with E-state index in [1.807, 2.05) is 0 Å². The van der Waals surface area contributed by atoms with Crippen LogP contribution in [0.2, 0.25) is 0 Å². The minimum absolute atomic E-state index is 0.121. The lowest BCUT2D eigenvalue weighted by Crippen LogP contribution is -2.43. The van der Waals surface area contributed by atoms with Gasteiger partial charge in [0.2, 0.25) is 0 Å². The smallest absolute Gasteiger partial charge is 0.256 e. The van der Waals surface area contributed by atoms with E-state index >= 15 is 0 Å². The summed E-state index contributed by atoms with van der Waals surface area (Å²) in [4.78, 5) is 14.1. The van der Waals surface area contributed by atoms with Gasteiger partial charge in [-0.25, -0.2) is 4.39 Å². The summed E-state index contributed by atoms with van der Waals surface area (Å²) in [5.41, 5.74) is 0.276. The molecule has 0 saturated carbocycles. The van der Waals surface area contributed by atoms with E-state index < -0.39 is 5.82 Å². The second-order valence-corrected chi connectivity index (χ2v) is 6.45. The summed E-state index contributed by atoms with van der Waals surface area (Å²) in [5, 5.41) is 0. The number of hydrogen-bond acceptors (Lipinski definition) is 1. The molecule has 1 amide bonds. The first-order valence-electron chi connectivity index (χ1n) is 6.14. The van der Waals surface area contributed by atoms with E-state index in [1.54, 1.807) is 23.1 Å². The number of likely N-dealkylation sites (tertiary alicyclic amines) is 1. The van der Waals surface area contributed by atoms with Crippen molar-refractivity contribution in [3.63, 3.8) is 0 Å². The van der Waals surface area contributed by atoms with E-state index in [4.69, 9.17) is 0 Å². The van der Waals surface area contributed by atoms with Crippen LogP contribution in [0.25, 0.3) is 0 Å². The normalized spacial score (nSPS) is 18.8. The summed E-state index contributed by atoms with van der Waals surface area (Å²) >= 11 is 3.12. The highest BCUT2D eigenvalue weighted by atomic mass is 79.9. The Labute approximate surface area is 115 Å². The number of amides is 1. The predicted molar refractivity (Wildman–Crippen MR) is 73.0 cm³/mol. The molecule has 0 aromatic heterocycles. The number of benzene rings is 1. The van der Waals surface area contributed by atoms with Crippen LogP contribution in [0, 0.1) is 11.2 Å². The van der Waals surface area contributed by atoms with Gasteiger partial charge in [0, 0.05) is 13.1 Å². The van der Waals surface area contributed by atoms with Crippen molar-refractivity contribution in [1.82, 2.24) is 4.90 Å². The van der Waals surface area contributed by atoms with Gasteiger partial charge in [0.15, 0.2) is 0 Å². The average Bonchev–Trinajstić information content (AvgIpc) is 2.30. The zero-order valence-electron chi connectivity index (χ0n) is 10.7. The Morgan fingerprint density at radius 1 is 1.44 bits per heavy atom. The van der Waals surface area contributed by atoms with Gasteiger partial charge in [-0.1, -0.05) is 19.9 Å². The van der Waals surface area contributed by atoms with Gasteiger partial charge < -0.3 is 4.90 Å². The summed E-state index contributed by atoms with van der Waals surface area (Å²) in [6.07, 6.45) is 2.09. The van der Waals surface area contributed by atoms with Crippen molar-refractivity contribution in [2.75, 3.05) is 13.1 Å². The van der Waals surface area contributed by atoms with Crippen LogP contribution in [0.3, 0.4) is 0 Å². The van der Waals surface area contributed by atoms with Crippen molar-refractivity contribution in [1.29, 1.82) is 0 Å². The fraction of sp³-hybridized carbons (Fsp3) is 0.500. The Morgan fingerprint density at radius 3 is 2.83 bits per heavy atom. The van der Waals surface area contributed by atoms with E-state index in [0.29, 0.717) is 17.6 Å². The Hall–Kier alpha value is -0.900. The molecule has 1 aromatic carbocycles. The Morgan fingerprint density at radius 2 is 2.17 bits per heavy atom. The van der Waals surface area contributed by atoms with E-state index in [1.165, 1.54) is 0 Å². The van der Waals surface area contributed by atoms with Crippen LogP contribution >= 0.6 is 15.9 Å². The minimum atomic E-state index is -0.467. The molecule has 98 valence electrons. The van der Waals surface area contributed by atoms with Crippen LogP contribution in [-0.2, 0) is 0 Å². The maximum atomic E-state index is 13.9. The van der Waals surface area contributed by atoms with E-state index in [2.05, 4.69) is 29.8 Å². The number of piperidine rings is 1. The molecule has 1 aliphatic heterocycles. The third-order valence-electron chi connectivity index (χ3n) is 3.37. The average molecular weight is 314 g/mol. The van der Waals surface area contributed by atoms with Crippen molar-refractivity contribution in [3.8, 4) is 0 Å². The van der Waals surface area contributed by atoms with Crippen LogP contribution in [0.5, 0.6) is 0 Å². The zero-order chi connectivity index (χ0) is 13.3. The van der Waals surface area contributed by atoms with Crippen molar-refractivity contribution >= 4 is 21.8 Å². The molecule has 2 rings (SSSR count). The van der Waals surface area contributed by atoms with Gasteiger partial charge in [-0.05, 0) is 46.3 Å². The van der Waals surface area contributed by atoms with Gasteiger partial charge in [0.25, 0.3) is 5.91 Å². The first-order chi connectivity index (χ1) is 8.41. The molecule has 18 heavy (non-hydrogen) atoms. The van der Waals surface area contributed by atoms with Gasteiger partial charge in [-0.15, -0.1) is 0 Å². The molecule has 0 atom stereocenters. The molecule has 0 spiro atoms. The van der Waals surface area contributed by atoms with Crippen LogP contribution in [-0.4, -0.2) is 23.9 Å². The number of hydrogen-bond donors (Lipinski definition) is 0. The fourth-order valence-corrected chi connectivity index (χ4v) is 2.80.